The zero-order valence-corrected chi connectivity index (χ0v) is 11.6. The van der Waals surface area contributed by atoms with Crippen LogP contribution in [0.2, 0.25) is 0 Å². The molecular weight excluding hydrogens is 275 g/mol. The number of hydrogen-bond donors (Lipinski definition) is 1. The molecule has 0 amide bonds. The molecule has 1 aromatic heterocycles. The van der Waals surface area contributed by atoms with Gasteiger partial charge < -0.3 is 10.6 Å². The molecule has 0 spiro atoms. The second-order valence-corrected chi connectivity index (χ2v) is 4.69. The van der Waals surface area contributed by atoms with Crippen molar-refractivity contribution in [3.63, 3.8) is 0 Å². The van der Waals surface area contributed by atoms with Gasteiger partial charge in [-0.05, 0) is 19.1 Å². The van der Waals surface area contributed by atoms with Crippen molar-refractivity contribution < 1.29 is 13.2 Å². The molecule has 1 rings (SSSR count). The molecule has 1 unspecified atom stereocenters. The van der Waals surface area contributed by atoms with Crippen LogP contribution in [0.15, 0.2) is 18.2 Å². The zero-order valence-electron chi connectivity index (χ0n) is 10.7. The molecule has 19 heavy (non-hydrogen) atoms. The lowest BCUT2D eigenvalue weighted by Crippen LogP contribution is -2.34. The molecule has 0 aliphatic carbocycles. The molecule has 0 fully saturated rings. The van der Waals surface area contributed by atoms with E-state index in [-0.39, 0.29) is 11.7 Å². The standard InChI is InChI=1S/C12H16F3N3S/c1-3-18(7-8(2)11(16)19)10-6-4-5-9(17-10)12(13,14)15/h4-6,8H,3,7H2,1-2H3,(H2,16,19). The summed E-state index contributed by atoms with van der Waals surface area (Å²) < 4.78 is 37.8. The Hall–Kier alpha value is -1.37. The summed E-state index contributed by atoms with van der Waals surface area (Å²) in [7, 11) is 0. The first kappa shape index (κ1) is 15.7. The molecule has 0 bridgehead atoms. The quantitative estimate of drug-likeness (QED) is 0.847. The number of pyridine rings is 1. The number of nitrogens with zero attached hydrogens (tertiary/aromatic N) is 2. The predicted molar refractivity (Wildman–Crippen MR) is 73.1 cm³/mol. The Bertz CT molecular complexity index is 448. The maximum atomic E-state index is 12.6. The molecule has 0 saturated carbocycles. The highest BCUT2D eigenvalue weighted by Gasteiger charge is 2.32. The molecule has 0 aromatic carbocycles. The van der Waals surface area contributed by atoms with Crippen molar-refractivity contribution in [1.82, 2.24) is 4.98 Å². The Morgan fingerprint density at radius 1 is 1.47 bits per heavy atom. The smallest absolute Gasteiger partial charge is 0.393 e. The van der Waals surface area contributed by atoms with Crippen LogP contribution in [-0.2, 0) is 6.18 Å². The van der Waals surface area contributed by atoms with Crippen LogP contribution in [0.25, 0.3) is 0 Å². The largest absolute Gasteiger partial charge is 0.433 e. The van der Waals surface area contributed by atoms with E-state index in [1.807, 2.05) is 13.8 Å². The van der Waals surface area contributed by atoms with E-state index in [4.69, 9.17) is 18.0 Å². The Balaban J connectivity index is 2.96. The number of nitrogens with two attached hydrogens (primary N) is 1. The third kappa shape index (κ3) is 4.34. The highest BCUT2D eigenvalue weighted by molar-refractivity contribution is 7.80. The Morgan fingerprint density at radius 3 is 2.58 bits per heavy atom. The third-order valence-corrected chi connectivity index (χ3v) is 3.11. The van der Waals surface area contributed by atoms with Crippen LogP contribution in [0, 0.1) is 5.92 Å². The van der Waals surface area contributed by atoms with Crippen LogP contribution in [0.5, 0.6) is 0 Å². The van der Waals surface area contributed by atoms with Crippen LogP contribution in [0.4, 0.5) is 19.0 Å². The van der Waals surface area contributed by atoms with Crippen LogP contribution in [0.1, 0.15) is 19.5 Å². The van der Waals surface area contributed by atoms with Gasteiger partial charge in [-0.25, -0.2) is 4.98 Å². The summed E-state index contributed by atoms with van der Waals surface area (Å²) in [6, 6.07) is 3.85. The monoisotopic (exact) mass is 291 g/mol. The first-order valence-corrected chi connectivity index (χ1v) is 6.25. The average molecular weight is 291 g/mol. The van der Waals surface area contributed by atoms with E-state index >= 15 is 0 Å². The van der Waals surface area contributed by atoms with Gasteiger partial charge in [0.05, 0.1) is 4.99 Å². The molecule has 106 valence electrons. The molecule has 0 radical (unpaired) electrons. The first-order chi connectivity index (χ1) is 8.75. The summed E-state index contributed by atoms with van der Waals surface area (Å²) in [4.78, 5) is 5.70. The Morgan fingerprint density at radius 2 is 2.11 bits per heavy atom. The summed E-state index contributed by atoms with van der Waals surface area (Å²) in [5.41, 5.74) is 4.62. The predicted octanol–water partition coefficient (Wildman–Crippen LogP) is 2.85. The molecule has 2 N–H and O–H groups in total. The van der Waals surface area contributed by atoms with Crippen LogP contribution >= 0.6 is 12.2 Å². The lowest BCUT2D eigenvalue weighted by molar-refractivity contribution is -0.141. The van der Waals surface area contributed by atoms with Crippen molar-refractivity contribution >= 4 is 23.0 Å². The number of aromatic nitrogens is 1. The van der Waals surface area contributed by atoms with Crippen molar-refractivity contribution in [3.8, 4) is 0 Å². The maximum absolute atomic E-state index is 12.6. The Kier molecular flexibility index (Phi) is 5.11. The number of anilines is 1. The fourth-order valence-corrected chi connectivity index (χ4v) is 1.64. The minimum Gasteiger partial charge on any atom is -0.393 e. The number of hydrogen-bond acceptors (Lipinski definition) is 3. The van der Waals surface area contributed by atoms with Crippen LogP contribution in [0.3, 0.4) is 0 Å². The highest BCUT2D eigenvalue weighted by Crippen LogP contribution is 2.28. The van der Waals surface area contributed by atoms with E-state index in [1.54, 1.807) is 11.0 Å². The van der Waals surface area contributed by atoms with Crippen LogP contribution in [-0.4, -0.2) is 23.1 Å². The fraction of sp³-hybridized carbons (Fsp3) is 0.500. The second-order valence-electron chi connectivity index (χ2n) is 4.22. The third-order valence-electron chi connectivity index (χ3n) is 2.71. The van der Waals surface area contributed by atoms with E-state index in [0.29, 0.717) is 18.1 Å². The maximum Gasteiger partial charge on any atom is 0.433 e. The van der Waals surface area contributed by atoms with Gasteiger partial charge in [-0.1, -0.05) is 25.2 Å². The summed E-state index contributed by atoms with van der Waals surface area (Å²) in [5, 5.41) is 0. The second kappa shape index (κ2) is 6.18. The molecule has 3 nitrogen and oxygen atoms in total. The highest BCUT2D eigenvalue weighted by atomic mass is 32.1. The number of thiocarbonyl (C=S) groups is 1. The lowest BCUT2D eigenvalue weighted by Gasteiger charge is -2.25. The van der Waals surface area contributed by atoms with Crippen molar-refractivity contribution in [3.05, 3.63) is 23.9 Å². The van der Waals surface area contributed by atoms with Gasteiger partial charge in [0, 0.05) is 19.0 Å². The Labute approximate surface area is 115 Å². The van der Waals surface area contributed by atoms with E-state index < -0.39 is 11.9 Å². The molecule has 0 aliphatic rings. The summed E-state index contributed by atoms with van der Waals surface area (Å²) in [6.45, 7) is 4.65. The van der Waals surface area contributed by atoms with Gasteiger partial charge >= 0.3 is 6.18 Å². The van der Waals surface area contributed by atoms with Crippen molar-refractivity contribution in [2.75, 3.05) is 18.0 Å². The average Bonchev–Trinajstić information content (AvgIpc) is 2.34. The zero-order chi connectivity index (χ0) is 14.6. The first-order valence-electron chi connectivity index (χ1n) is 5.84. The molecule has 0 aliphatic heterocycles. The number of rotatable bonds is 5. The van der Waals surface area contributed by atoms with Crippen molar-refractivity contribution in [2.45, 2.75) is 20.0 Å². The van der Waals surface area contributed by atoms with Gasteiger partial charge in [-0.15, -0.1) is 0 Å². The van der Waals surface area contributed by atoms with E-state index in [9.17, 15) is 13.2 Å². The molecular formula is C12H16F3N3S. The van der Waals surface area contributed by atoms with Crippen LogP contribution < -0.4 is 10.6 Å². The summed E-state index contributed by atoms with van der Waals surface area (Å²) >= 11 is 4.87. The topological polar surface area (TPSA) is 42.1 Å². The van der Waals surface area contributed by atoms with E-state index in [0.717, 1.165) is 6.07 Å². The summed E-state index contributed by atoms with van der Waals surface area (Å²) in [6.07, 6.45) is -4.44. The SMILES string of the molecule is CCN(CC(C)C(N)=S)c1cccc(C(F)(F)F)n1. The minimum absolute atomic E-state index is 0.0914. The molecule has 0 saturated heterocycles. The lowest BCUT2D eigenvalue weighted by atomic mass is 10.1. The van der Waals surface area contributed by atoms with Gasteiger partial charge in [0.2, 0.25) is 0 Å². The van der Waals surface area contributed by atoms with Gasteiger partial charge in [-0.3, -0.25) is 0 Å². The van der Waals surface area contributed by atoms with Crippen molar-refractivity contribution in [1.29, 1.82) is 0 Å². The minimum atomic E-state index is -4.44. The van der Waals surface area contributed by atoms with Gasteiger partial charge in [-0.2, -0.15) is 13.2 Å². The number of halogens is 3. The van der Waals surface area contributed by atoms with Gasteiger partial charge in [0.15, 0.2) is 0 Å². The molecule has 1 aromatic rings. The molecule has 7 heteroatoms. The normalized spacial score (nSPS) is 13.1. The number of alkyl halides is 3. The fourth-order valence-electron chi connectivity index (χ4n) is 1.56. The van der Waals surface area contributed by atoms with Gasteiger partial charge in [0.25, 0.3) is 0 Å². The van der Waals surface area contributed by atoms with E-state index in [1.165, 1.54) is 6.07 Å². The molecule has 1 heterocycles. The molecule has 1 atom stereocenters. The summed E-state index contributed by atoms with van der Waals surface area (Å²) in [5.74, 6) is 0.187. The van der Waals surface area contributed by atoms with Gasteiger partial charge in [0.1, 0.15) is 11.5 Å². The van der Waals surface area contributed by atoms with E-state index in [2.05, 4.69) is 4.98 Å². The van der Waals surface area contributed by atoms with Crippen molar-refractivity contribution in [2.24, 2.45) is 11.7 Å².